The van der Waals surface area contributed by atoms with E-state index in [1.165, 1.54) is 32.4 Å². The number of rotatable bonds is 28. The summed E-state index contributed by atoms with van der Waals surface area (Å²) >= 11 is 0. The average Bonchev–Trinajstić information content (AvgIpc) is 3.29. The Morgan fingerprint density at radius 1 is 0.597 bits per heavy atom. The van der Waals surface area contributed by atoms with E-state index >= 15 is 0 Å². The maximum atomic E-state index is 14.2. The van der Waals surface area contributed by atoms with Crippen molar-refractivity contribution in [1.29, 1.82) is 0 Å². The van der Waals surface area contributed by atoms with Crippen LogP contribution in [-0.4, -0.2) is 167 Å². The van der Waals surface area contributed by atoms with Crippen molar-refractivity contribution >= 4 is 120 Å². The molecule has 0 saturated carbocycles. The molecule has 2 fully saturated rings. The van der Waals surface area contributed by atoms with Gasteiger partial charge in [0, 0.05) is 42.5 Å². The van der Waals surface area contributed by atoms with E-state index in [0.717, 1.165) is 10.8 Å². The van der Waals surface area contributed by atoms with Crippen molar-refractivity contribution in [2.45, 2.75) is 120 Å². The lowest BCUT2D eigenvalue weighted by Gasteiger charge is -2.30. The van der Waals surface area contributed by atoms with Gasteiger partial charge in [0.2, 0.25) is 65.0 Å². The van der Waals surface area contributed by atoms with Gasteiger partial charge in [-0.25, -0.2) is 0 Å². The average molecular weight is 1090 g/mol. The summed E-state index contributed by atoms with van der Waals surface area (Å²) in [6.45, 7) is 3.42. The Morgan fingerprint density at radius 3 is 1.51 bits per heavy atom. The molecule has 0 unspecified atom stereocenters. The van der Waals surface area contributed by atoms with Gasteiger partial charge in [0.15, 0.2) is 11.9 Å². The van der Waals surface area contributed by atoms with E-state index in [1.807, 2.05) is 0 Å². The monoisotopic (exact) mass is 1090 g/mol. The molecule has 24 N–H and O–H groups in total. The molecule has 2 aliphatic heterocycles. The molecule has 0 bridgehead atoms. The quantitative estimate of drug-likeness (QED) is 0.0150. The predicted molar refractivity (Wildman–Crippen MR) is 274 cm³/mol. The molecule has 0 radical (unpaired) electrons. The fraction of sp³-hybridized carbons (Fsp3) is 0.667. The first kappa shape index (κ1) is 62.2. The Hall–Kier alpha value is -5.93. The molecule has 0 aromatic carbocycles. The van der Waals surface area contributed by atoms with Crippen LogP contribution in [0.15, 0.2) is 9.98 Å². The summed E-state index contributed by atoms with van der Waals surface area (Å²) in [5.41, 5.74) is 43.7. The van der Waals surface area contributed by atoms with E-state index in [0.29, 0.717) is 6.42 Å². The van der Waals surface area contributed by atoms with Crippen LogP contribution >= 0.6 is 43.2 Å². The first-order valence-corrected chi connectivity index (χ1v) is 27.5. The standard InChI is InChI=1S/C39H68N18O11S4/c1-3-17(2)28(37(68)56-25-16-70-69-13-22(29(43)60)53-35(25)66)57-33(64)21(8-9-26(41)58)52-32(63)19(6-4-10-48-38(44)45)50-31(62)20(7-5-11-49-39(46)47)51-34(65)24-15-72-71-14-23(36(67)55-24)54-30(61)18(40)12-27(42)59/h17-25,28H,3-16,40H2,1-2H3,(H2,41,58)(H2,42,59)(H2,43,60)(H,50,62)(H,51,65)(H,52,63)(H,53,66)(H,54,61)(H,55,67)(H,56,68)(H,57,64)(H4,44,45,48)(H4,46,47,49)/t17-,18-,19-,20-,21-,22-,23-,24-,25-,28-/m0/s1. The van der Waals surface area contributed by atoms with Crippen LogP contribution in [0.4, 0.5) is 0 Å². The van der Waals surface area contributed by atoms with Gasteiger partial charge in [-0.2, -0.15) is 0 Å². The number of carbonyl (C=O) groups excluding carboxylic acids is 11. The first-order chi connectivity index (χ1) is 33.9. The highest BCUT2D eigenvalue weighted by molar-refractivity contribution is 8.77. The third kappa shape index (κ3) is 23.1. The third-order valence-electron chi connectivity index (χ3n) is 10.7. The Bertz CT molecular complexity index is 2010. The molecule has 2 heterocycles. The topological polar surface area (TPSA) is 517 Å². The second kappa shape index (κ2) is 32.2. The molecule has 404 valence electrons. The van der Waals surface area contributed by atoms with E-state index in [9.17, 15) is 52.7 Å². The lowest BCUT2D eigenvalue weighted by molar-refractivity contribution is -0.136. The zero-order chi connectivity index (χ0) is 54.1. The second-order valence-corrected chi connectivity index (χ2v) is 21.6. The molecule has 2 aliphatic rings. The second-order valence-electron chi connectivity index (χ2n) is 16.5. The van der Waals surface area contributed by atoms with Crippen molar-refractivity contribution in [3.63, 3.8) is 0 Å². The normalized spacial score (nSPS) is 20.5. The van der Waals surface area contributed by atoms with Crippen LogP contribution < -0.4 is 88.4 Å². The number of nitrogens with zero attached hydrogens (tertiary/aromatic N) is 2. The Labute approximate surface area is 431 Å². The van der Waals surface area contributed by atoms with E-state index in [-0.39, 0.29) is 80.1 Å². The lowest BCUT2D eigenvalue weighted by atomic mass is 9.97. The molecule has 0 aromatic heterocycles. The van der Waals surface area contributed by atoms with Gasteiger partial charge in [-0.1, -0.05) is 63.4 Å². The van der Waals surface area contributed by atoms with Crippen molar-refractivity contribution in [2.75, 3.05) is 36.1 Å². The van der Waals surface area contributed by atoms with Crippen molar-refractivity contribution < 1.29 is 52.7 Å². The highest BCUT2D eigenvalue weighted by Crippen LogP contribution is 2.26. The molecule has 33 heteroatoms. The van der Waals surface area contributed by atoms with Gasteiger partial charge in [-0.05, 0) is 38.0 Å². The number of carbonyl (C=O) groups is 11. The number of nitrogens with one attached hydrogen (secondary N) is 8. The Kier molecular flexibility index (Phi) is 27.8. The maximum absolute atomic E-state index is 14.2. The molecule has 72 heavy (non-hydrogen) atoms. The third-order valence-corrected chi connectivity index (χ3v) is 15.5. The fourth-order valence-corrected chi connectivity index (χ4v) is 11.1. The summed E-state index contributed by atoms with van der Waals surface area (Å²) in [7, 11) is 4.84. The van der Waals surface area contributed by atoms with Crippen LogP contribution in [0, 0.1) is 5.92 Å². The van der Waals surface area contributed by atoms with Gasteiger partial charge < -0.3 is 88.4 Å². The molecule has 0 aromatic rings. The van der Waals surface area contributed by atoms with Crippen LogP contribution in [0.1, 0.15) is 65.2 Å². The summed E-state index contributed by atoms with van der Waals surface area (Å²) in [5, 5.41) is 20.5. The van der Waals surface area contributed by atoms with Crippen molar-refractivity contribution in [3.05, 3.63) is 0 Å². The molecule has 0 spiro atoms. The predicted octanol–water partition coefficient (Wildman–Crippen LogP) is -7.24. The first-order valence-electron chi connectivity index (χ1n) is 22.6. The minimum Gasteiger partial charge on any atom is -0.370 e. The summed E-state index contributed by atoms with van der Waals surface area (Å²) in [6, 6.07) is -11.6. The van der Waals surface area contributed by atoms with E-state index < -0.39 is 138 Å². The Balaban J connectivity index is 2.41. The van der Waals surface area contributed by atoms with Gasteiger partial charge in [-0.15, -0.1) is 0 Å². The maximum Gasteiger partial charge on any atom is 0.244 e. The highest BCUT2D eigenvalue weighted by atomic mass is 33.1. The number of guanidine groups is 2. The Morgan fingerprint density at radius 2 is 1.04 bits per heavy atom. The van der Waals surface area contributed by atoms with E-state index in [2.05, 4.69) is 52.5 Å². The molecule has 0 aliphatic carbocycles. The number of nitrogens with two attached hydrogens (primary N) is 8. The largest absolute Gasteiger partial charge is 0.370 e. The number of primary amides is 3. The van der Waals surface area contributed by atoms with Crippen LogP contribution in [0.25, 0.3) is 0 Å². The van der Waals surface area contributed by atoms with Gasteiger partial charge in [-0.3, -0.25) is 62.7 Å². The summed E-state index contributed by atoms with van der Waals surface area (Å²) in [5.74, 6) is -9.68. The van der Waals surface area contributed by atoms with Gasteiger partial charge in [0.25, 0.3) is 0 Å². The summed E-state index contributed by atoms with van der Waals surface area (Å²) in [6.07, 6.45) is -0.937. The van der Waals surface area contributed by atoms with E-state index in [1.54, 1.807) is 13.8 Å². The molecule has 29 nitrogen and oxygen atoms in total. The zero-order valence-electron chi connectivity index (χ0n) is 39.8. The van der Waals surface area contributed by atoms with Gasteiger partial charge in [0.05, 0.1) is 12.5 Å². The summed E-state index contributed by atoms with van der Waals surface area (Å²) in [4.78, 5) is 152. The number of aliphatic imine (C=N–C) groups is 2. The van der Waals surface area contributed by atoms with Crippen LogP contribution in [0.2, 0.25) is 0 Å². The zero-order valence-corrected chi connectivity index (χ0v) is 43.1. The number of amides is 11. The number of hydrogen-bond acceptors (Lipinski definition) is 18. The minimum absolute atomic E-state index is 0.00701. The molecular formula is C39H68N18O11S4. The fourth-order valence-electron chi connectivity index (χ4n) is 6.48. The molecule has 2 rings (SSSR count). The molecule has 10 atom stereocenters. The SMILES string of the molecule is CC[C@H](C)[C@H](NC(=O)[C@H](CCC(N)=O)NC(=O)[C@H](CCCN=C(N)N)NC(=O)[C@H](CCCN=C(N)N)NC(=O)[C@@H]1CSSC[C@H](NC(=O)[C@@H](N)CC(N)=O)C(=O)N1)C(=O)N[C@H]1CSSC[C@@H](C(N)=O)NC1=O. The van der Waals surface area contributed by atoms with Crippen molar-refractivity contribution in [2.24, 2.45) is 61.8 Å². The van der Waals surface area contributed by atoms with Gasteiger partial charge in [0.1, 0.15) is 48.3 Å². The van der Waals surface area contributed by atoms with E-state index in [4.69, 9.17) is 45.9 Å². The molecular weight excluding hydrogens is 1020 g/mol. The molecule has 11 amide bonds. The highest BCUT2D eigenvalue weighted by Gasteiger charge is 2.37. The van der Waals surface area contributed by atoms with Crippen LogP contribution in [0.3, 0.4) is 0 Å². The smallest absolute Gasteiger partial charge is 0.244 e. The lowest BCUT2D eigenvalue weighted by Crippen LogP contribution is -2.62. The minimum atomic E-state index is -1.53. The van der Waals surface area contributed by atoms with Gasteiger partial charge >= 0.3 is 0 Å². The molecule has 2 saturated heterocycles. The van der Waals surface area contributed by atoms with Crippen LogP contribution in [0.5, 0.6) is 0 Å². The van der Waals surface area contributed by atoms with Crippen LogP contribution in [-0.2, 0) is 52.7 Å². The summed E-state index contributed by atoms with van der Waals surface area (Å²) < 4.78 is 0. The van der Waals surface area contributed by atoms with Crippen molar-refractivity contribution in [1.82, 2.24) is 42.5 Å². The van der Waals surface area contributed by atoms with Crippen molar-refractivity contribution in [3.8, 4) is 0 Å². The number of hydrogen-bond donors (Lipinski definition) is 16.